The number of aliphatic hydroxyl groups excluding tert-OH is 2. The predicted molar refractivity (Wildman–Crippen MR) is 59.0 cm³/mol. The Bertz CT molecular complexity index is 324. The highest BCUT2D eigenvalue weighted by Crippen LogP contribution is 2.17. The van der Waals surface area contributed by atoms with Crippen molar-refractivity contribution in [1.29, 1.82) is 0 Å². The lowest BCUT2D eigenvalue weighted by Crippen LogP contribution is -2.22. The zero-order valence-corrected chi connectivity index (χ0v) is 9.71. The van der Waals surface area contributed by atoms with Gasteiger partial charge < -0.3 is 10.2 Å². The molecule has 0 aliphatic carbocycles. The van der Waals surface area contributed by atoms with E-state index in [9.17, 15) is 10.2 Å². The van der Waals surface area contributed by atoms with Crippen molar-refractivity contribution in [1.82, 2.24) is 9.88 Å². The molecule has 0 saturated carbocycles. The van der Waals surface area contributed by atoms with Gasteiger partial charge in [-0.1, -0.05) is 0 Å². The maximum atomic E-state index is 9.37. The number of aromatic nitrogens is 1. The van der Waals surface area contributed by atoms with Crippen molar-refractivity contribution in [3.05, 3.63) is 16.1 Å². The Labute approximate surface area is 97.1 Å². The van der Waals surface area contributed by atoms with Crippen LogP contribution in [0.15, 0.2) is 5.38 Å². The molecule has 1 aliphatic rings. The molecule has 0 aromatic carbocycles. The minimum absolute atomic E-state index is 0.432. The van der Waals surface area contributed by atoms with Gasteiger partial charge in [0.05, 0.1) is 30.3 Å². The van der Waals surface area contributed by atoms with Crippen LogP contribution in [0.3, 0.4) is 0 Å². The number of nitrogens with zero attached hydrogens (tertiary/aromatic N) is 2. The standard InChI is InChI=1S/C9H13ClN2O2S/c10-1-6-5-15-9(11-6)4-12-2-7(13)8(14)3-12/h5,7-8,13-14H,1-4H2. The summed E-state index contributed by atoms with van der Waals surface area (Å²) in [5.41, 5.74) is 0.886. The van der Waals surface area contributed by atoms with Crippen LogP contribution < -0.4 is 0 Å². The third-order valence-electron chi connectivity index (χ3n) is 2.43. The first-order chi connectivity index (χ1) is 7.19. The molecule has 1 aromatic rings. The summed E-state index contributed by atoms with van der Waals surface area (Å²) in [6.45, 7) is 1.70. The molecule has 2 rings (SSSR count). The van der Waals surface area contributed by atoms with Crippen LogP contribution in [0.25, 0.3) is 0 Å². The van der Waals surface area contributed by atoms with E-state index in [0.717, 1.165) is 10.7 Å². The van der Waals surface area contributed by atoms with Gasteiger partial charge in [-0.05, 0) is 0 Å². The number of rotatable bonds is 3. The second-order valence-corrected chi connectivity index (χ2v) is 4.90. The fourth-order valence-corrected chi connectivity index (χ4v) is 2.71. The first-order valence-electron chi connectivity index (χ1n) is 4.76. The van der Waals surface area contributed by atoms with E-state index in [-0.39, 0.29) is 0 Å². The molecule has 1 saturated heterocycles. The van der Waals surface area contributed by atoms with Crippen molar-refractivity contribution in [2.75, 3.05) is 13.1 Å². The first-order valence-corrected chi connectivity index (χ1v) is 6.18. The number of alkyl halides is 1. The van der Waals surface area contributed by atoms with E-state index in [0.29, 0.717) is 25.5 Å². The molecule has 2 N–H and O–H groups in total. The summed E-state index contributed by atoms with van der Waals surface area (Å²) >= 11 is 7.22. The van der Waals surface area contributed by atoms with Crippen molar-refractivity contribution in [3.63, 3.8) is 0 Å². The Balaban J connectivity index is 1.92. The van der Waals surface area contributed by atoms with Crippen LogP contribution in [0.2, 0.25) is 0 Å². The largest absolute Gasteiger partial charge is 0.389 e. The molecule has 2 unspecified atom stereocenters. The van der Waals surface area contributed by atoms with Crippen LogP contribution >= 0.6 is 22.9 Å². The normalized spacial score (nSPS) is 27.4. The van der Waals surface area contributed by atoms with E-state index in [2.05, 4.69) is 4.98 Å². The number of thiazole rings is 1. The average Bonchev–Trinajstić information content (AvgIpc) is 2.76. The van der Waals surface area contributed by atoms with E-state index in [1.807, 2.05) is 10.3 Å². The van der Waals surface area contributed by atoms with Crippen LogP contribution in [0.4, 0.5) is 0 Å². The number of aliphatic hydroxyl groups is 2. The van der Waals surface area contributed by atoms with Crippen LogP contribution in [0.1, 0.15) is 10.7 Å². The molecule has 84 valence electrons. The zero-order chi connectivity index (χ0) is 10.8. The summed E-state index contributed by atoms with van der Waals surface area (Å²) in [5, 5.41) is 21.6. The highest BCUT2D eigenvalue weighted by atomic mass is 35.5. The SMILES string of the molecule is OC1CN(Cc2nc(CCl)cs2)CC1O. The maximum Gasteiger partial charge on any atom is 0.107 e. The molecule has 1 aliphatic heterocycles. The molecule has 2 heterocycles. The van der Waals surface area contributed by atoms with E-state index >= 15 is 0 Å². The lowest BCUT2D eigenvalue weighted by molar-refractivity contribution is 0.0572. The Morgan fingerprint density at radius 3 is 2.67 bits per heavy atom. The van der Waals surface area contributed by atoms with E-state index in [4.69, 9.17) is 11.6 Å². The Morgan fingerprint density at radius 1 is 1.47 bits per heavy atom. The number of halogens is 1. The molecule has 0 bridgehead atoms. The molecule has 6 heteroatoms. The molecule has 4 nitrogen and oxygen atoms in total. The highest BCUT2D eigenvalue weighted by molar-refractivity contribution is 7.09. The van der Waals surface area contributed by atoms with Gasteiger partial charge in [-0.25, -0.2) is 4.98 Å². The minimum Gasteiger partial charge on any atom is -0.389 e. The molecule has 0 amide bonds. The third-order valence-corrected chi connectivity index (χ3v) is 3.59. The smallest absolute Gasteiger partial charge is 0.107 e. The van der Waals surface area contributed by atoms with Gasteiger partial charge in [0.15, 0.2) is 0 Å². The summed E-state index contributed by atoms with van der Waals surface area (Å²) in [5.74, 6) is 0.432. The minimum atomic E-state index is -0.627. The second kappa shape index (κ2) is 4.76. The monoisotopic (exact) mass is 248 g/mol. The third kappa shape index (κ3) is 2.68. The topological polar surface area (TPSA) is 56.6 Å². The van der Waals surface area contributed by atoms with Crippen LogP contribution in [-0.4, -0.2) is 45.4 Å². The van der Waals surface area contributed by atoms with Crippen LogP contribution in [0.5, 0.6) is 0 Å². The van der Waals surface area contributed by atoms with Crippen molar-refractivity contribution in [2.24, 2.45) is 0 Å². The van der Waals surface area contributed by atoms with E-state index in [1.165, 1.54) is 0 Å². The van der Waals surface area contributed by atoms with Gasteiger partial charge in [0.25, 0.3) is 0 Å². The molecular formula is C9H13ClN2O2S. The van der Waals surface area contributed by atoms with Crippen molar-refractivity contribution in [2.45, 2.75) is 24.6 Å². The summed E-state index contributed by atoms with van der Waals surface area (Å²) in [6, 6.07) is 0. The predicted octanol–water partition coefficient (Wildman–Crippen LogP) is 0.419. The molecular weight excluding hydrogens is 236 g/mol. The fraction of sp³-hybridized carbons (Fsp3) is 0.667. The first kappa shape index (κ1) is 11.3. The Hall–Kier alpha value is -0.200. The number of hydrogen-bond acceptors (Lipinski definition) is 5. The number of likely N-dealkylation sites (tertiary alicyclic amines) is 1. The summed E-state index contributed by atoms with van der Waals surface area (Å²) in [4.78, 5) is 6.32. The van der Waals surface area contributed by atoms with Gasteiger partial charge in [0.1, 0.15) is 5.01 Å². The second-order valence-electron chi connectivity index (χ2n) is 3.69. The van der Waals surface area contributed by atoms with Crippen molar-refractivity contribution in [3.8, 4) is 0 Å². The lowest BCUT2D eigenvalue weighted by atomic mass is 10.3. The maximum absolute atomic E-state index is 9.37. The highest BCUT2D eigenvalue weighted by Gasteiger charge is 2.29. The van der Waals surface area contributed by atoms with Gasteiger partial charge in [-0.3, -0.25) is 4.90 Å². The summed E-state index contributed by atoms with van der Waals surface area (Å²) < 4.78 is 0. The van der Waals surface area contributed by atoms with Gasteiger partial charge in [-0.2, -0.15) is 0 Å². The molecule has 15 heavy (non-hydrogen) atoms. The van der Waals surface area contributed by atoms with Crippen LogP contribution in [0, 0.1) is 0 Å². The molecule has 1 fully saturated rings. The van der Waals surface area contributed by atoms with Crippen molar-refractivity contribution >= 4 is 22.9 Å². The van der Waals surface area contributed by atoms with Crippen LogP contribution in [-0.2, 0) is 12.4 Å². The van der Waals surface area contributed by atoms with Gasteiger partial charge in [-0.15, -0.1) is 22.9 Å². The fourth-order valence-electron chi connectivity index (χ4n) is 1.65. The van der Waals surface area contributed by atoms with Gasteiger partial charge in [0.2, 0.25) is 0 Å². The lowest BCUT2D eigenvalue weighted by Gasteiger charge is -2.11. The summed E-state index contributed by atoms with van der Waals surface area (Å²) in [6.07, 6.45) is -1.25. The van der Waals surface area contributed by atoms with E-state index < -0.39 is 12.2 Å². The van der Waals surface area contributed by atoms with E-state index in [1.54, 1.807) is 11.3 Å². The summed E-state index contributed by atoms with van der Waals surface area (Å²) in [7, 11) is 0. The molecule has 0 radical (unpaired) electrons. The average molecular weight is 249 g/mol. The Kier molecular flexibility index (Phi) is 3.58. The number of hydrogen-bond donors (Lipinski definition) is 2. The van der Waals surface area contributed by atoms with Crippen molar-refractivity contribution < 1.29 is 10.2 Å². The molecule has 0 spiro atoms. The quantitative estimate of drug-likeness (QED) is 0.762. The molecule has 1 aromatic heterocycles. The number of β-amino-alcohol motifs (C(OH)–C–C–N with tert-alkyl or cyclic N) is 2. The van der Waals surface area contributed by atoms with Gasteiger partial charge >= 0.3 is 0 Å². The van der Waals surface area contributed by atoms with Gasteiger partial charge in [0, 0.05) is 18.5 Å². The Morgan fingerprint density at radius 2 is 2.13 bits per heavy atom. The zero-order valence-electron chi connectivity index (χ0n) is 8.14. The molecule has 2 atom stereocenters.